The van der Waals surface area contributed by atoms with Crippen LogP contribution in [0.2, 0.25) is 0 Å². The molecule has 1 aliphatic rings. The molecule has 0 unspecified atom stereocenters. The number of rotatable bonds is 2. The van der Waals surface area contributed by atoms with Crippen LogP contribution < -0.4 is 4.74 Å². The normalized spacial score (nSPS) is 13.6. The van der Waals surface area contributed by atoms with E-state index in [0.29, 0.717) is 16.1 Å². The highest BCUT2D eigenvalue weighted by molar-refractivity contribution is 6.52. The van der Waals surface area contributed by atoms with E-state index in [1.54, 1.807) is 24.3 Å². The molecule has 4 nitrogen and oxygen atoms in total. The van der Waals surface area contributed by atoms with Crippen LogP contribution in [0.1, 0.15) is 15.9 Å². The zero-order chi connectivity index (χ0) is 14.3. The number of halogens is 1. The van der Waals surface area contributed by atoms with Crippen LogP contribution >= 0.6 is 0 Å². The average Bonchev–Trinajstić information content (AvgIpc) is 2.72. The molecule has 100 valence electrons. The lowest BCUT2D eigenvalue weighted by molar-refractivity contribution is -0.355. The lowest BCUT2D eigenvalue weighted by atomic mass is 10.0. The summed E-state index contributed by atoms with van der Waals surface area (Å²) in [5.41, 5.74) is 0.0625. The first-order valence-electron chi connectivity index (χ1n) is 5.96. The molecule has 0 aliphatic carbocycles. The van der Waals surface area contributed by atoms with Crippen LogP contribution in [0.15, 0.2) is 42.5 Å². The molecule has 0 saturated heterocycles. The molecule has 0 radical (unpaired) electrons. The van der Waals surface area contributed by atoms with Crippen LogP contribution in [0, 0.1) is 11.0 Å². The smallest absolute Gasteiger partial charge is 0.276 e. The molecule has 0 spiro atoms. The second-order valence-corrected chi connectivity index (χ2v) is 4.31. The molecule has 20 heavy (non-hydrogen) atoms. The van der Waals surface area contributed by atoms with Crippen LogP contribution in [0.25, 0.3) is 0 Å². The predicted molar refractivity (Wildman–Crippen MR) is 71.1 cm³/mol. The van der Waals surface area contributed by atoms with Crippen LogP contribution in [0.5, 0.6) is 5.75 Å². The fourth-order valence-electron chi connectivity index (χ4n) is 2.31. The van der Waals surface area contributed by atoms with Crippen molar-refractivity contribution in [3.63, 3.8) is 0 Å². The number of para-hydroxylation sites is 1. The molecule has 2 aromatic rings. The van der Waals surface area contributed by atoms with Gasteiger partial charge in [0.25, 0.3) is 11.5 Å². The van der Waals surface area contributed by atoms with E-state index >= 15 is 0 Å². The zero-order valence-corrected chi connectivity index (χ0v) is 10.6. The molecule has 5 heteroatoms. The molecule has 1 aliphatic heterocycles. The summed E-state index contributed by atoms with van der Waals surface area (Å²) in [7, 11) is 1.45. The summed E-state index contributed by atoms with van der Waals surface area (Å²) in [6, 6.07) is 10.6. The van der Waals surface area contributed by atoms with Gasteiger partial charge in [-0.2, -0.15) is 4.74 Å². The van der Waals surface area contributed by atoms with Crippen molar-refractivity contribution in [2.75, 3.05) is 7.11 Å². The summed E-state index contributed by atoms with van der Waals surface area (Å²) in [5, 5.41) is 12.3. The maximum Gasteiger partial charge on any atom is 0.276 e. The van der Waals surface area contributed by atoms with Crippen molar-refractivity contribution in [3.05, 3.63) is 64.6 Å². The van der Waals surface area contributed by atoms with Gasteiger partial charge in [-0.15, -0.1) is 0 Å². The minimum Gasteiger partial charge on any atom is -0.618 e. The van der Waals surface area contributed by atoms with Gasteiger partial charge in [-0.1, -0.05) is 18.2 Å². The number of Topliss-reactive ketones (excluding diaryl/α,β-unsaturated/α-hetero) is 1. The molecule has 0 amide bonds. The van der Waals surface area contributed by atoms with Gasteiger partial charge in [-0.25, -0.2) is 4.39 Å². The molecule has 0 bridgehead atoms. The van der Waals surface area contributed by atoms with E-state index in [-0.39, 0.29) is 17.0 Å². The fourth-order valence-corrected chi connectivity index (χ4v) is 2.31. The number of carbonyl (C=O) groups is 1. The zero-order valence-electron chi connectivity index (χ0n) is 10.6. The maximum atomic E-state index is 13.8. The van der Waals surface area contributed by atoms with Crippen molar-refractivity contribution >= 4 is 17.2 Å². The van der Waals surface area contributed by atoms with Crippen molar-refractivity contribution in [2.45, 2.75) is 0 Å². The second-order valence-electron chi connectivity index (χ2n) is 4.31. The molecule has 0 N–H and O–H groups in total. The highest BCUT2D eigenvalue weighted by Gasteiger charge is 2.40. The average molecular weight is 271 g/mol. The van der Waals surface area contributed by atoms with Gasteiger partial charge >= 0.3 is 0 Å². The van der Waals surface area contributed by atoms with Gasteiger partial charge < -0.3 is 9.94 Å². The Labute approximate surface area is 114 Å². The second kappa shape index (κ2) is 4.45. The Hall–Kier alpha value is -2.69. The van der Waals surface area contributed by atoms with Gasteiger partial charge in [-0.05, 0) is 18.2 Å². The van der Waals surface area contributed by atoms with Crippen LogP contribution in [0.4, 0.5) is 10.1 Å². The molecule has 0 atom stereocenters. The largest absolute Gasteiger partial charge is 0.618 e. The third kappa shape index (κ3) is 1.60. The molecule has 3 rings (SSSR count). The van der Waals surface area contributed by atoms with Crippen molar-refractivity contribution < 1.29 is 18.7 Å². The van der Waals surface area contributed by atoms with E-state index in [4.69, 9.17) is 4.74 Å². The number of methoxy groups -OCH3 is 1. The number of hydrogen-bond donors (Lipinski definition) is 0. The Morgan fingerprint density at radius 3 is 2.60 bits per heavy atom. The van der Waals surface area contributed by atoms with E-state index in [2.05, 4.69) is 0 Å². The Kier molecular flexibility index (Phi) is 2.75. The monoisotopic (exact) mass is 271 g/mol. The quantitative estimate of drug-likeness (QED) is 0.623. The molecular weight excluding hydrogens is 261 g/mol. The summed E-state index contributed by atoms with van der Waals surface area (Å²) >= 11 is 0. The maximum absolute atomic E-state index is 13.8. The lowest BCUT2D eigenvalue weighted by Crippen LogP contribution is -2.18. The highest BCUT2D eigenvalue weighted by atomic mass is 19.1. The Morgan fingerprint density at radius 2 is 1.90 bits per heavy atom. The standard InChI is InChI=1S/C15H10FNO3/c1-20-12-8-3-2-5-9(12)14-15(18)13-10(16)6-4-7-11(13)17(14)19/h2-8H,1H3. The predicted octanol–water partition coefficient (Wildman–Crippen LogP) is 2.66. The minimum atomic E-state index is -0.696. The number of fused-ring (bicyclic) bond motifs is 1. The van der Waals surface area contributed by atoms with Crippen LogP contribution in [-0.4, -0.2) is 23.3 Å². The molecule has 0 fully saturated rings. The van der Waals surface area contributed by atoms with E-state index < -0.39 is 11.6 Å². The minimum absolute atomic E-state index is 0.0240. The first-order valence-corrected chi connectivity index (χ1v) is 5.96. The van der Waals surface area contributed by atoms with Crippen molar-refractivity contribution in [3.8, 4) is 5.75 Å². The van der Waals surface area contributed by atoms with E-state index in [9.17, 15) is 14.4 Å². The summed E-state index contributed by atoms with van der Waals surface area (Å²) in [6.45, 7) is 0. The third-order valence-electron chi connectivity index (χ3n) is 3.22. The van der Waals surface area contributed by atoms with Gasteiger partial charge in [0.15, 0.2) is 0 Å². The Balaban J connectivity index is 2.25. The molecule has 1 heterocycles. The Bertz CT molecular complexity index is 753. The number of hydrogen-bond acceptors (Lipinski definition) is 3. The van der Waals surface area contributed by atoms with E-state index in [1.165, 1.54) is 19.2 Å². The van der Waals surface area contributed by atoms with E-state index in [1.807, 2.05) is 0 Å². The molecule has 0 aromatic heterocycles. The third-order valence-corrected chi connectivity index (χ3v) is 3.22. The van der Waals surface area contributed by atoms with Gasteiger partial charge in [0.05, 0.1) is 12.7 Å². The number of carbonyl (C=O) groups excluding carboxylic acids is 1. The number of ether oxygens (including phenoxy) is 1. The summed E-state index contributed by atoms with van der Waals surface area (Å²) in [6.07, 6.45) is 0. The summed E-state index contributed by atoms with van der Waals surface area (Å²) in [5.74, 6) is -0.930. The highest BCUT2D eigenvalue weighted by Crippen LogP contribution is 2.32. The fraction of sp³-hybridized carbons (Fsp3) is 0.0667. The first kappa shape index (κ1) is 12.3. The summed E-state index contributed by atoms with van der Waals surface area (Å²) < 4.78 is 19.4. The van der Waals surface area contributed by atoms with Gasteiger partial charge in [0.2, 0.25) is 5.69 Å². The van der Waals surface area contributed by atoms with Crippen LogP contribution in [-0.2, 0) is 0 Å². The molecule has 2 aromatic carbocycles. The van der Waals surface area contributed by atoms with Crippen LogP contribution in [0.3, 0.4) is 0 Å². The molecular formula is C15H10FNO3. The lowest BCUT2D eigenvalue weighted by Gasteiger charge is -2.06. The van der Waals surface area contributed by atoms with E-state index in [0.717, 1.165) is 6.07 Å². The van der Waals surface area contributed by atoms with Crippen molar-refractivity contribution in [2.24, 2.45) is 0 Å². The number of ketones is 1. The van der Waals surface area contributed by atoms with Crippen molar-refractivity contribution in [1.82, 2.24) is 0 Å². The van der Waals surface area contributed by atoms with Gasteiger partial charge in [-0.3, -0.25) is 4.79 Å². The SMILES string of the molecule is COc1ccccc1C1=[N+]([O-])c2cccc(F)c2C1=O. The van der Waals surface area contributed by atoms with Crippen molar-refractivity contribution in [1.29, 1.82) is 0 Å². The molecule has 0 saturated carbocycles. The van der Waals surface area contributed by atoms with Gasteiger partial charge in [0.1, 0.15) is 17.1 Å². The number of benzene rings is 2. The topological polar surface area (TPSA) is 52.4 Å². The summed E-state index contributed by atoms with van der Waals surface area (Å²) in [4.78, 5) is 12.3. The first-order chi connectivity index (χ1) is 9.65. The Morgan fingerprint density at radius 1 is 1.15 bits per heavy atom. The van der Waals surface area contributed by atoms with Gasteiger partial charge in [0, 0.05) is 6.07 Å². The number of nitrogens with zero attached hydrogens (tertiary/aromatic N) is 1.